The third kappa shape index (κ3) is 5.21. The van der Waals surface area contributed by atoms with Crippen LogP contribution in [0.25, 0.3) is 0 Å². The van der Waals surface area contributed by atoms with Crippen molar-refractivity contribution in [3.8, 4) is 0 Å². The van der Waals surface area contributed by atoms with E-state index in [4.69, 9.17) is 5.73 Å². The van der Waals surface area contributed by atoms with Crippen LogP contribution in [0.3, 0.4) is 0 Å². The third-order valence-electron chi connectivity index (χ3n) is 3.74. The van der Waals surface area contributed by atoms with Crippen LogP contribution in [0.15, 0.2) is 24.3 Å². The molecular formula is C16H25N3O. The normalized spacial score (nSPS) is 16.0. The Balaban J connectivity index is 1.60. The van der Waals surface area contributed by atoms with Gasteiger partial charge in [-0.3, -0.25) is 4.79 Å². The minimum atomic E-state index is 0.0780. The molecule has 4 nitrogen and oxygen atoms in total. The summed E-state index contributed by atoms with van der Waals surface area (Å²) in [5, 5.41) is 2.98. The summed E-state index contributed by atoms with van der Waals surface area (Å²) < 4.78 is 0. The van der Waals surface area contributed by atoms with Crippen molar-refractivity contribution in [2.45, 2.75) is 32.1 Å². The first-order valence-electron chi connectivity index (χ1n) is 7.57. The van der Waals surface area contributed by atoms with Crippen LogP contribution in [0.4, 0.5) is 5.69 Å². The number of amides is 1. The van der Waals surface area contributed by atoms with E-state index in [1.54, 1.807) is 0 Å². The number of carbonyl (C=O) groups excluding carboxylic acids is 1. The molecule has 0 bridgehead atoms. The van der Waals surface area contributed by atoms with Crippen molar-refractivity contribution in [1.82, 2.24) is 10.2 Å². The lowest BCUT2D eigenvalue weighted by molar-refractivity contribution is -0.120. The minimum absolute atomic E-state index is 0.0780. The summed E-state index contributed by atoms with van der Waals surface area (Å²) in [4.78, 5) is 14.3. The summed E-state index contributed by atoms with van der Waals surface area (Å²) in [5.41, 5.74) is 7.38. The van der Waals surface area contributed by atoms with Gasteiger partial charge in [-0.2, -0.15) is 0 Å². The average molecular weight is 275 g/mol. The molecule has 0 unspecified atom stereocenters. The summed E-state index contributed by atoms with van der Waals surface area (Å²) in [6, 6.07) is 7.51. The molecule has 110 valence electrons. The zero-order chi connectivity index (χ0) is 14.2. The Labute approximate surface area is 121 Å². The molecule has 1 aromatic rings. The quantitative estimate of drug-likeness (QED) is 0.615. The fourth-order valence-electron chi connectivity index (χ4n) is 2.66. The molecule has 0 saturated carbocycles. The standard InChI is InChI=1S/C16H25N3O/c17-15-7-4-6-14(12-15)13-16(20)18-8-5-11-19-9-2-1-3-10-19/h4,6-7,12H,1-3,5,8-11,13,17H2,(H,18,20). The van der Waals surface area contributed by atoms with Crippen molar-refractivity contribution in [2.75, 3.05) is 31.9 Å². The topological polar surface area (TPSA) is 58.4 Å². The maximum Gasteiger partial charge on any atom is 0.224 e. The highest BCUT2D eigenvalue weighted by Crippen LogP contribution is 2.09. The number of nitrogens with zero attached hydrogens (tertiary/aromatic N) is 1. The van der Waals surface area contributed by atoms with Crippen LogP contribution in [0.1, 0.15) is 31.2 Å². The molecule has 1 fully saturated rings. The largest absolute Gasteiger partial charge is 0.399 e. The minimum Gasteiger partial charge on any atom is -0.399 e. The molecule has 1 amide bonds. The zero-order valence-electron chi connectivity index (χ0n) is 12.1. The van der Waals surface area contributed by atoms with Gasteiger partial charge in [-0.1, -0.05) is 18.6 Å². The molecule has 1 aliphatic heterocycles. The highest BCUT2D eigenvalue weighted by Gasteiger charge is 2.09. The van der Waals surface area contributed by atoms with Gasteiger partial charge in [0.25, 0.3) is 0 Å². The van der Waals surface area contributed by atoms with Gasteiger partial charge in [-0.25, -0.2) is 0 Å². The average Bonchev–Trinajstić information content (AvgIpc) is 2.45. The van der Waals surface area contributed by atoms with E-state index in [1.807, 2.05) is 24.3 Å². The second-order valence-corrected chi connectivity index (χ2v) is 5.53. The van der Waals surface area contributed by atoms with Gasteiger partial charge < -0.3 is 16.0 Å². The van der Waals surface area contributed by atoms with Crippen LogP contribution in [-0.4, -0.2) is 37.0 Å². The molecule has 2 rings (SSSR count). The van der Waals surface area contributed by atoms with E-state index in [9.17, 15) is 4.79 Å². The van der Waals surface area contributed by atoms with Gasteiger partial charge in [-0.15, -0.1) is 0 Å². The summed E-state index contributed by atoms with van der Waals surface area (Å²) in [5.74, 6) is 0.0780. The SMILES string of the molecule is Nc1cccc(CC(=O)NCCCN2CCCCC2)c1. The Hall–Kier alpha value is -1.55. The number of piperidine rings is 1. The number of rotatable bonds is 6. The Bertz CT molecular complexity index is 427. The van der Waals surface area contributed by atoms with Gasteiger partial charge in [0.2, 0.25) is 5.91 Å². The van der Waals surface area contributed by atoms with Crippen molar-refractivity contribution < 1.29 is 4.79 Å². The first-order chi connectivity index (χ1) is 9.74. The van der Waals surface area contributed by atoms with Gasteiger partial charge in [0, 0.05) is 12.2 Å². The smallest absolute Gasteiger partial charge is 0.224 e. The van der Waals surface area contributed by atoms with E-state index in [2.05, 4.69) is 10.2 Å². The van der Waals surface area contributed by atoms with E-state index in [-0.39, 0.29) is 5.91 Å². The van der Waals surface area contributed by atoms with Crippen LogP contribution in [-0.2, 0) is 11.2 Å². The maximum absolute atomic E-state index is 11.8. The number of carbonyl (C=O) groups is 1. The molecule has 0 aliphatic carbocycles. The van der Waals surface area contributed by atoms with E-state index >= 15 is 0 Å². The predicted molar refractivity (Wildman–Crippen MR) is 82.5 cm³/mol. The monoisotopic (exact) mass is 275 g/mol. The molecule has 0 atom stereocenters. The molecule has 1 aliphatic rings. The van der Waals surface area contributed by atoms with E-state index in [1.165, 1.54) is 32.4 Å². The molecule has 1 heterocycles. The zero-order valence-corrected chi connectivity index (χ0v) is 12.1. The van der Waals surface area contributed by atoms with Crippen LogP contribution >= 0.6 is 0 Å². The molecule has 1 saturated heterocycles. The summed E-state index contributed by atoms with van der Waals surface area (Å²) in [6.07, 6.45) is 5.45. The molecule has 0 spiro atoms. The van der Waals surface area contributed by atoms with E-state index in [0.29, 0.717) is 12.1 Å². The number of likely N-dealkylation sites (tertiary alicyclic amines) is 1. The summed E-state index contributed by atoms with van der Waals surface area (Å²) in [7, 11) is 0. The lowest BCUT2D eigenvalue weighted by Crippen LogP contribution is -2.33. The molecule has 20 heavy (non-hydrogen) atoms. The van der Waals surface area contributed by atoms with Gasteiger partial charge in [0.1, 0.15) is 0 Å². The second kappa shape index (κ2) is 7.90. The number of hydrogen-bond acceptors (Lipinski definition) is 3. The molecule has 0 radical (unpaired) electrons. The number of nitrogens with two attached hydrogens (primary N) is 1. The van der Waals surface area contributed by atoms with Gasteiger partial charge in [0.05, 0.1) is 6.42 Å². The van der Waals surface area contributed by atoms with E-state index in [0.717, 1.165) is 25.1 Å². The van der Waals surface area contributed by atoms with Gasteiger partial charge in [0.15, 0.2) is 0 Å². The van der Waals surface area contributed by atoms with Crippen LogP contribution in [0, 0.1) is 0 Å². The van der Waals surface area contributed by atoms with E-state index < -0.39 is 0 Å². The van der Waals surface area contributed by atoms with Crippen molar-refractivity contribution in [3.63, 3.8) is 0 Å². The first kappa shape index (κ1) is 14.9. The molecule has 0 aromatic heterocycles. The van der Waals surface area contributed by atoms with Crippen LogP contribution in [0.5, 0.6) is 0 Å². The first-order valence-corrected chi connectivity index (χ1v) is 7.57. The van der Waals surface area contributed by atoms with Crippen LogP contribution in [0.2, 0.25) is 0 Å². The maximum atomic E-state index is 11.8. The lowest BCUT2D eigenvalue weighted by Gasteiger charge is -2.26. The number of nitrogens with one attached hydrogen (secondary N) is 1. The highest BCUT2D eigenvalue weighted by molar-refractivity contribution is 5.78. The Morgan fingerprint density at radius 1 is 1.25 bits per heavy atom. The Morgan fingerprint density at radius 3 is 2.80 bits per heavy atom. The fourth-order valence-corrected chi connectivity index (χ4v) is 2.66. The molecule has 1 aromatic carbocycles. The Kier molecular flexibility index (Phi) is 5.87. The van der Waals surface area contributed by atoms with Crippen molar-refractivity contribution in [2.24, 2.45) is 0 Å². The summed E-state index contributed by atoms with van der Waals surface area (Å²) in [6.45, 7) is 4.30. The number of benzene rings is 1. The van der Waals surface area contributed by atoms with Crippen molar-refractivity contribution >= 4 is 11.6 Å². The predicted octanol–water partition coefficient (Wildman–Crippen LogP) is 1.80. The van der Waals surface area contributed by atoms with Crippen molar-refractivity contribution in [3.05, 3.63) is 29.8 Å². The van der Waals surface area contributed by atoms with Gasteiger partial charge in [-0.05, 0) is 56.6 Å². The number of anilines is 1. The summed E-state index contributed by atoms with van der Waals surface area (Å²) >= 11 is 0. The molecule has 3 N–H and O–H groups in total. The Morgan fingerprint density at radius 2 is 2.05 bits per heavy atom. The molecular weight excluding hydrogens is 250 g/mol. The third-order valence-corrected chi connectivity index (χ3v) is 3.74. The molecule has 4 heteroatoms. The number of nitrogen functional groups attached to an aromatic ring is 1. The second-order valence-electron chi connectivity index (χ2n) is 5.53. The van der Waals surface area contributed by atoms with Crippen LogP contribution < -0.4 is 11.1 Å². The highest BCUT2D eigenvalue weighted by atomic mass is 16.1. The van der Waals surface area contributed by atoms with Crippen molar-refractivity contribution in [1.29, 1.82) is 0 Å². The van der Waals surface area contributed by atoms with Gasteiger partial charge >= 0.3 is 0 Å². The fraction of sp³-hybridized carbons (Fsp3) is 0.562. The lowest BCUT2D eigenvalue weighted by atomic mass is 10.1. The number of hydrogen-bond donors (Lipinski definition) is 2.